The van der Waals surface area contributed by atoms with E-state index in [1.165, 1.54) is 6.08 Å². The summed E-state index contributed by atoms with van der Waals surface area (Å²) in [5, 5.41) is 8.61. The molecule has 0 bridgehead atoms. The third-order valence-electron chi connectivity index (χ3n) is 2.75. The number of aliphatic carboxylic acids is 1. The summed E-state index contributed by atoms with van der Waals surface area (Å²) < 4.78 is 15.1. The number of rotatable bonds is 5. The van der Waals surface area contributed by atoms with Crippen molar-refractivity contribution in [1.29, 1.82) is 0 Å². The molecule has 0 radical (unpaired) electrons. The normalized spacial score (nSPS) is 12.2. The van der Waals surface area contributed by atoms with Gasteiger partial charge in [-0.25, -0.2) is 9.00 Å². The number of carbonyl (C=O) groups is 1. The monoisotopic (exact) mass is 301 g/mol. The fourth-order valence-electron chi connectivity index (χ4n) is 1.70. The molecule has 1 unspecified atom stereocenters. The van der Waals surface area contributed by atoms with Gasteiger partial charge in [0.15, 0.2) is 0 Å². The summed E-state index contributed by atoms with van der Waals surface area (Å²) in [7, 11) is -1.35. The van der Waals surface area contributed by atoms with Gasteiger partial charge >= 0.3 is 5.97 Å². The van der Waals surface area contributed by atoms with Gasteiger partial charge in [-0.15, -0.1) is 0 Å². The summed E-state index contributed by atoms with van der Waals surface area (Å²) in [4.78, 5) is 11.2. The molecule has 4 nitrogen and oxygen atoms in total. The first-order valence-corrected chi connectivity index (χ1v) is 7.46. The van der Waals surface area contributed by atoms with Crippen molar-refractivity contribution in [3.05, 3.63) is 65.7 Å². The predicted octanol–water partition coefficient (Wildman–Crippen LogP) is 3.23. The van der Waals surface area contributed by atoms with E-state index < -0.39 is 17.0 Å². The van der Waals surface area contributed by atoms with Gasteiger partial charge in [0.05, 0.1) is 4.90 Å². The van der Waals surface area contributed by atoms with Gasteiger partial charge in [0.25, 0.3) is 0 Å². The highest BCUT2D eigenvalue weighted by molar-refractivity contribution is 7.86. The van der Waals surface area contributed by atoms with E-state index in [2.05, 4.69) is 4.72 Å². The topological polar surface area (TPSA) is 66.4 Å². The highest BCUT2D eigenvalue weighted by atomic mass is 32.2. The second kappa shape index (κ2) is 6.85. The van der Waals surface area contributed by atoms with Gasteiger partial charge in [0.2, 0.25) is 0 Å². The van der Waals surface area contributed by atoms with E-state index >= 15 is 0 Å². The third-order valence-corrected chi connectivity index (χ3v) is 3.87. The van der Waals surface area contributed by atoms with Crippen LogP contribution in [-0.4, -0.2) is 15.3 Å². The molecule has 0 saturated carbocycles. The zero-order valence-corrected chi connectivity index (χ0v) is 12.3. The molecule has 5 heteroatoms. The van der Waals surface area contributed by atoms with Crippen molar-refractivity contribution in [2.75, 3.05) is 4.72 Å². The smallest absolute Gasteiger partial charge is 0.328 e. The molecular weight excluding hydrogens is 286 g/mol. The molecule has 0 fully saturated rings. The molecular formula is C16H15NO3S. The highest BCUT2D eigenvalue weighted by Crippen LogP contribution is 2.16. The SMILES string of the molecule is Cc1ccc(S(=O)Nc2cccc(/C=C/C(=O)O)c2)cc1. The first kappa shape index (κ1) is 15.0. The maximum atomic E-state index is 12.2. The molecule has 0 amide bonds. The molecule has 2 N–H and O–H groups in total. The van der Waals surface area contributed by atoms with Gasteiger partial charge in [-0.1, -0.05) is 29.8 Å². The minimum absolute atomic E-state index is 0.668. The van der Waals surface area contributed by atoms with Crippen LogP contribution in [0.3, 0.4) is 0 Å². The molecule has 2 aromatic rings. The molecule has 0 aliphatic heterocycles. The molecule has 0 aromatic heterocycles. The van der Waals surface area contributed by atoms with E-state index in [1.807, 2.05) is 31.2 Å². The Bertz CT molecular complexity index is 693. The predicted molar refractivity (Wildman–Crippen MR) is 84.3 cm³/mol. The lowest BCUT2D eigenvalue weighted by Gasteiger charge is -2.07. The van der Waals surface area contributed by atoms with Crippen LogP contribution in [0.1, 0.15) is 11.1 Å². The van der Waals surface area contributed by atoms with Crippen molar-refractivity contribution in [1.82, 2.24) is 0 Å². The summed E-state index contributed by atoms with van der Waals surface area (Å²) in [5.74, 6) is -1.00. The van der Waals surface area contributed by atoms with Crippen LogP contribution in [0.4, 0.5) is 5.69 Å². The number of aryl methyl sites for hydroxylation is 1. The van der Waals surface area contributed by atoms with Crippen molar-refractivity contribution in [2.24, 2.45) is 0 Å². The number of carboxylic acids is 1. The Morgan fingerprint density at radius 3 is 2.57 bits per heavy atom. The van der Waals surface area contributed by atoms with Gasteiger partial charge in [-0.2, -0.15) is 0 Å². The number of carboxylic acid groups (broad SMARTS) is 1. The Morgan fingerprint density at radius 2 is 1.90 bits per heavy atom. The van der Waals surface area contributed by atoms with Crippen LogP contribution in [0.25, 0.3) is 6.08 Å². The first-order valence-electron chi connectivity index (χ1n) is 6.31. The largest absolute Gasteiger partial charge is 0.478 e. The van der Waals surface area contributed by atoms with Crippen molar-refractivity contribution in [2.45, 2.75) is 11.8 Å². The average Bonchev–Trinajstić information content (AvgIpc) is 2.46. The Labute approximate surface area is 125 Å². The summed E-state index contributed by atoms with van der Waals surface area (Å²) in [5.41, 5.74) is 2.50. The molecule has 2 aromatic carbocycles. The summed E-state index contributed by atoms with van der Waals surface area (Å²) in [6.07, 6.45) is 2.55. The minimum atomic E-state index is -1.35. The molecule has 2 rings (SSSR count). The number of nitrogens with one attached hydrogen (secondary N) is 1. The van der Waals surface area contributed by atoms with Crippen LogP contribution >= 0.6 is 0 Å². The summed E-state index contributed by atoms with van der Waals surface area (Å²) >= 11 is 0. The molecule has 0 spiro atoms. The Balaban J connectivity index is 2.12. The van der Waals surface area contributed by atoms with Crippen LogP contribution in [0, 0.1) is 6.92 Å². The lowest BCUT2D eigenvalue weighted by Crippen LogP contribution is -2.04. The number of hydrogen-bond donors (Lipinski definition) is 2. The van der Waals surface area contributed by atoms with Gasteiger partial charge < -0.3 is 9.83 Å². The van der Waals surface area contributed by atoms with Crippen molar-refractivity contribution >= 4 is 28.7 Å². The van der Waals surface area contributed by atoms with E-state index in [4.69, 9.17) is 5.11 Å². The van der Waals surface area contributed by atoms with Crippen LogP contribution in [0.5, 0.6) is 0 Å². The molecule has 1 atom stereocenters. The zero-order chi connectivity index (χ0) is 15.2. The van der Waals surface area contributed by atoms with Crippen LogP contribution < -0.4 is 4.72 Å². The molecule has 108 valence electrons. The van der Waals surface area contributed by atoms with Crippen LogP contribution in [0.15, 0.2) is 59.5 Å². The van der Waals surface area contributed by atoms with Gasteiger partial charge in [0.1, 0.15) is 11.0 Å². The molecule has 21 heavy (non-hydrogen) atoms. The quantitative estimate of drug-likeness (QED) is 0.833. The molecule has 0 aliphatic rings. The molecule has 0 aliphatic carbocycles. The third kappa shape index (κ3) is 4.57. The summed E-state index contributed by atoms with van der Waals surface area (Å²) in [6.45, 7) is 1.97. The van der Waals surface area contributed by atoms with E-state index in [0.717, 1.165) is 17.2 Å². The van der Waals surface area contributed by atoms with Crippen molar-refractivity contribution in [3.63, 3.8) is 0 Å². The Kier molecular flexibility index (Phi) is 4.90. The summed E-state index contributed by atoms with van der Waals surface area (Å²) in [6, 6.07) is 14.5. The van der Waals surface area contributed by atoms with Crippen molar-refractivity contribution in [3.8, 4) is 0 Å². The Hall–Kier alpha value is -2.40. The Morgan fingerprint density at radius 1 is 1.19 bits per heavy atom. The lowest BCUT2D eigenvalue weighted by molar-refractivity contribution is -0.131. The number of anilines is 1. The van der Waals surface area contributed by atoms with E-state index in [9.17, 15) is 9.00 Å². The standard InChI is InChI=1S/C16H15NO3S/c1-12-5-8-15(9-6-12)21(20)17-14-4-2-3-13(11-14)7-10-16(18)19/h2-11,17H,1H3,(H,18,19)/b10-7+. The maximum Gasteiger partial charge on any atom is 0.328 e. The maximum absolute atomic E-state index is 12.2. The van der Waals surface area contributed by atoms with Crippen LogP contribution in [0.2, 0.25) is 0 Å². The number of hydrogen-bond acceptors (Lipinski definition) is 2. The van der Waals surface area contributed by atoms with Gasteiger partial charge in [-0.3, -0.25) is 0 Å². The van der Waals surface area contributed by atoms with Crippen molar-refractivity contribution < 1.29 is 14.1 Å². The first-order chi connectivity index (χ1) is 10.0. The fraction of sp³-hybridized carbons (Fsp3) is 0.0625. The highest BCUT2D eigenvalue weighted by Gasteiger charge is 2.04. The fourth-order valence-corrected chi connectivity index (χ4v) is 2.54. The van der Waals surface area contributed by atoms with E-state index in [-0.39, 0.29) is 0 Å². The zero-order valence-electron chi connectivity index (χ0n) is 11.4. The molecule has 0 saturated heterocycles. The average molecular weight is 301 g/mol. The van der Waals surface area contributed by atoms with E-state index in [0.29, 0.717) is 10.6 Å². The minimum Gasteiger partial charge on any atom is -0.478 e. The second-order valence-corrected chi connectivity index (χ2v) is 5.69. The molecule has 0 heterocycles. The second-order valence-electron chi connectivity index (χ2n) is 4.48. The van der Waals surface area contributed by atoms with Gasteiger partial charge in [0, 0.05) is 11.8 Å². The lowest BCUT2D eigenvalue weighted by atomic mass is 10.2. The van der Waals surface area contributed by atoms with Gasteiger partial charge in [-0.05, 0) is 42.8 Å². The van der Waals surface area contributed by atoms with Crippen LogP contribution in [-0.2, 0) is 15.8 Å². The van der Waals surface area contributed by atoms with E-state index in [1.54, 1.807) is 24.3 Å². The number of benzene rings is 2.